The van der Waals surface area contributed by atoms with E-state index in [1.165, 1.54) is 12.2 Å². The second-order valence-electron chi connectivity index (χ2n) is 4.74. The number of alkyl halides is 3. The van der Waals surface area contributed by atoms with Crippen LogP contribution in [0.3, 0.4) is 0 Å². The Morgan fingerprint density at radius 3 is 2.35 bits per heavy atom. The average Bonchev–Trinajstić information content (AvgIpc) is 2.44. The van der Waals surface area contributed by atoms with E-state index in [4.69, 9.17) is 0 Å². The standard InChI is InChI=1S/C15H16F4N2OS/c1-21(2)10-13(4-3-9-22)23-20-14(15(17,18)19)11-5-7-12(16)8-6-11/h3-10,14,20H,1-2H3/b4-3-,13-10+/t14-/m1/s1. The van der Waals surface area contributed by atoms with Crippen molar-refractivity contribution in [3.05, 3.63) is 58.9 Å². The number of nitrogens with zero attached hydrogens (tertiary/aromatic N) is 1. The molecule has 0 radical (unpaired) electrons. The van der Waals surface area contributed by atoms with Gasteiger partial charge in [-0.05, 0) is 41.8 Å². The van der Waals surface area contributed by atoms with Gasteiger partial charge in [-0.15, -0.1) is 0 Å². The molecule has 0 amide bonds. The smallest absolute Gasteiger partial charge is 0.383 e. The van der Waals surface area contributed by atoms with Gasteiger partial charge in [0.25, 0.3) is 0 Å². The van der Waals surface area contributed by atoms with Crippen LogP contribution in [-0.4, -0.2) is 31.5 Å². The Balaban J connectivity index is 2.95. The zero-order valence-electron chi connectivity index (χ0n) is 12.5. The number of aldehydes is 1. The quantitative estimate of drug-likeness (QED) is 0.267. The van der Waals surface area contributed by atoms with Gasteiger partial charge in [0.1, 0.15) is 18.1 Å². The molecule has 1 rings (SSSR count). The number of halogens is 4. The summed E-state index contributed by atoms with van der Waals surface area (Å²) in [7, 11) is 3.41. The van der Waals surface area contributed by atoms with Crippen molar-refractivity contribution < 1.29 is 22.4 Å². The fraction of sp³-hybridized carbons (Fsp3) is 0.267. The molecule has 1 aromatic rings. The van der Waals surface area contributed by atoms with Crippen LogP contribution in [0.5, 0.6) is 0 Å². The second-order valence-corrected chi connectivity index (χ2v) is 5.65. The van der Waals surface area contributed by atoms with Gasteiger partial charge in [-0.3, -0.25) is 4.79 Å². The number of allylic oxidation sites excluding steroid dienone is 2. The highest BCUT2D eigenvalue weighted by atomic mass is 32.2. The maximum Gasteiger partial charge on any atom is 0.408 e. The van der Waals surface area contributed by atoms with E-state index in [9.17, 15) is 22.4 Å². The van der Waals surface area contributed by atoms with Crippen LogP contribution in [0.25, 0.3) is 0 Å². The molecule has 0 aliphatic rings. The lowest BCUT2D eigenvalue weighted by atomic mass is 10.1. The molecule has 126 valence electrons. The number of carbonyl (C=O) groups excluding carboxylic acids is 1. The zero-order valence-corrected chi connectivity index (χ0v) is 13.3. The highest BCUT2D eigenvalue weighted by Crippen LogP contribution is 2.35. The summed E-state index contributed by atoms with van der Waals surface area (Å²) < 4.78 is 54.8. The van der Waals surface area contributed by atoms with Gasteiger partial charge in [0, 0.05) is 25.2 Å². The van der Waals surface area contributed by atoms with Crippen LogP contribution in [0.2, 0.25) is 0 Å². The topological polar surface area (TPSA) is 32.3 Å². The summed E-state index contributed by atoms with van der Waals surface area (Å²) in [5.74, 6) is -0.607. The Morgan fingerprint density at radius 1 is 1.26 bits per heavy atom. The van der Waals surface area contributed by atoms with E-state index >= 15 is 0 Å². The van der Waals surface area contributed by atoms with Gasteiger partial charge in [0.05, 0.1) is 0 Å². The van der Waals surface area contributed by atoms with Crippen LogP contribution < -0.4 is 4.72 Å². The lowest BCUT2D eigenvalue weighted by molar-refractivity contribution is -0.152. The molecule has 0 aliphatic heterocycles. The largest absolute Gasteiger partial charge is 0.408 e. The monoisotopic (exact) mass is 348 g/mol. The van der Waals surface area contributed by atoms with Crippen LogP contribution in [0.15, 0.2) is 47.5 Å². The molecule has 1 N–H and O–H groups in total. The Kier molecular flexibility index (Phi) is 7.31. The third-order valence-corrected chi connectivity index (χ3v) is 3.38. The molecule has 0 spiro atoms. The van der Waals surface area contributed by atoms with Crippen molar-refractivity contribution in [1.82, 2.24) is 9.62 Å². The van der Waals surface area contributed by atoms with E-state index in [-0.39, 0.29) is 5.56 Å². The molecule has 1 atom stereocenters. The zero-order chi connectivity index (χ0) is 17.5. The molecule has 0 heterocycles. The first kappa shape index (κ1) is 19.2. The van der Waals surface area contributed by atoms with Crippen LogP contribution in [0.4, 0.5) is 17.6 Å². The van der Waals surface area contributed by atoms with E-state index in [0.29, 0.717) is 11.2 Å². The van der Waals surface area contributed by atoms with E-state index in [2.05, 4.69) is 4.72 Å². The lowest BCUT2D eigenvalue weighted by Crippen LogP contribution is -2.30. The number of benzene rings is 1. The summed E-state index contributed by atoms with van der Waals surface area (Å²) in [6.45, 7) is 0. The molecule has 1 aromatic carbocycles. The number of hydrogen-bond acceptors (Lipinski definition) is 4. The molecule has 0 aliphatic carbocycles. The van der Waals surface area contributed by atoms with Crippen molar-refractivity contribution in [2.45, 2.75) is 12.2 Å². The normalized spacial score (nSPS) is 14.1. The predicted octanol–water partition coefficient (Wildman–Crippen LogP) is 3.83. The highest BCUT2D eigenvalue weighted by molar-refractivity contribution is 8.01. The summed E-state index contributed by atoms with van der Waals surface area (Å²) in [5.41, 5.74) is -0.102. The van der Waals surface area contributed by atoms with E-state index in [1.807, 2.05) is 0 Å². The fourth-order valence-corrected chi connectivity index (χ4v) is 2.53. The minimum Gasteiger partial charge on any atom is -0.383 e. The number of hydrogen-bond donors (Lipinski definition) is 1. The molecule has 0 saturated carbocycles. The van der Waals surface area contributed by atoms with Gasteiger partial charge in [0.2, 0.25) is 0 Å². The molecule has 0 bridgehead atoms. The van der Waals surface area contributed by atoms with E-state index in [1.54, 1.807) is 25.2 Å². The van der Waals surface area contributed by atoms with Crippen LogP contribution >= 0.6 is 11.9 Å². The van der Waals surface area contributed by atoms with Crippen molar-refractivity contribution in [2.24, 2.45) is 0 Å². The van der Waals surface area contributed by atoms with Gasteiger partial charge < -0.3 is 4.90 Å². The average molecular weight is 348 g/mol. The van der Waals surface area contributed by atoms with Crippen molar-refractivity contribution in [3.8, 4) is 0 Å². The van der Waals surface area contributed by atoms with Gasteiger partial charge >= 0.3 is 6.18 Å². The van der Waals surface area contributed by atoms with E-state index in [0.717, 1.165) is 36.2 Å². The third kappa shape index (κ3) is 6.87. The SMILES string of the molecule is CN(C)/C=C(\C=C/C=O)SN[C@H](c1ccc(F)cc1)C(F)(F)F. The van der Waals surface area contributed by atoms with Crippen molar-refractivity contribution >= 4 is 18.2 Å². The van der Waals surface area contributed by atoms with Gasteiger partial charge in [-0.2, -0.15) is 13.2 Å². The Bertz CT molecular complexity index is 568. The minimum absolute atomic E-state index is 0.102. The minimum atomic E-state index is -4.55. The van der Waals surface area contributed by atoms with Crippen LogP contribution in [-0.2, 0) is 4.79 Å². The first-order chi connectivity index (χ1) is 10.7. The Hall–Kier alpha value is -1.80. The van der Waals surface area contributed by atoms with Crippen LogP contribution in [0.1, 0.15) is 11.6 Å². The molecule has 0 fully saturated rings. The summed E-state index contributed by atoms with van der Waals surface area (Å²) in [5, 5.41) is 0. The van der Waals surface area contributed by atoms with Gasteiger partial charge in [-0.1, -0.05) is 12.1 Å². The maximum atomic E-state index is 13.2. The summed E-state index contributed by atoms with van der Waals surface area (Å²) >= 11 is 0.734. The van der Waals surface area contributed by atoms with Gasteiger partial charge in [0.15, 0.2) is 0 Å². The maximum absolute atomic E-state index is 13.2. The van der Waals surface area contributed by atoms with Crippen molar-refractivity contribution in [2.75, 3.05) is 14.1 Å². The second kappa shape index (κ2) is 8.73. The fourth-order valence-electron chi connectivity index (χ4n) is 1.60. The summed E-state index contributed by atoms with van der Waals surface area (Å²) in [6, 6.07) is 2.14. The number of nitrogens with one attached hydrogen (secondary N) is 1. The molecular formula is C15H16F4N2OS. The Morgan fingerprint density at radius 2 is 1.87 bits per heavy atom. The highest BCUT2D eigenvalue weighted by Gasteiger charge is 2.40. The number of rotatable bonds is 7. The molecule has 3 nitrogen and oxygen atoms in total. The molecule has 8 heteroatoms. The molecule has 23 heavy (non-hydrogen) atoms. The molecular weight excluding hydrogens is 332 g/mol. The summed E-state index contributed by atoms with van der Waals surface area (Å²) in [4.78, 5) is 12.4. The first-order valence-electron chi connectivity index (χ1n) is 6.48. The van der Waals surface area contributed by atoms with Crippen molar-refractivity contribution in [3.63, 3.8) is 0 Å². The molecule has 0 saturated heterocycles. The van der Waals surface area contributed by atoms with Crippen molar-refractivity contribution in [1.29, 1.82) is 0 Å². The predicted molar refractivity (Wildman–Crippen MR) is 82.9 cm³/mol. The molecule has 0 unspecified atom stereocenters. The first-order valence-corrected chi connectivity index (χ1v) is 7.30. The number of carbonyl (C=O) groups is 1. The van der Waals surface area contributed by atoms with Crippen LogP contribution in [0, 0.1) is 5.82 Å². The van der Waals surface area contributed by atoms with Gasteiger partial charge in [-0.25, -0.2) is 9.11 Å². The lowest BCUT2D eigenvalue weighted by Gasteiger charge is -2.22. The molecule has 0 aromatic heterocycles. The third-order valence-electron chi connectivity index (χ3n) is 2.55. The van der Waals surface area contributed by atoms with E-state index < -0.39 is 18.0 Å². The Labute approximate surface area is 136 Å². The summed E-state index contributed by atoms with van der Waals surface area (Å²) in [6.07, 6.45) is 0.122.